The third-order valence-corrected chi connectivity index (χ3v) is 7.09. The van der Waals surface area contributed by atoms with Crippen LogP contribution >= 0.6 is 23.2 Å². The van der Waals surface area contributed by atoms with E-state index in [0.717, 1.165) is 0 Å². The Morgan fingerprint density at radius 3 is 2.50 bits per heavy atom. The van der Waals surface area contributed by atoms with Gasteiger partial charge in [-0.2, -0.15) is 0 Å². The molecule has 9 heteroatoms. The molecule has 2 aliphatic rings. The normalized spacial score (nSPS) is 24.1. The summed E-state index contributed by atoms with van der Waals surface area (Å²) in [5.74, 6) is 0.503. The molecule has 0 spiro atoms. The number of carbonyl (C=O) groups is 1. The van der Waals surface area contributed by atoms with Crippen LogP contribution in [-0.4, -0.2) is 68.0 Å². The Labute approximate surface area is 151 Å². The Bertz CT molecular complexity index is 733. The molecule has 0 saturated carbocycles. The molecule has 2 amide bonds. The number of amides is 2. The first-order valence-corrected chi connectivity index (χ1v) is 10.4. The maximum atomic E-state index is 12.4. The number of anilines is 1. The van der Waals surface area contributed by atoms with Gasteiger partial charge in [0.25, 0.3) is 0 Å². The molecule has 1 aromatic rings. The lowest BCUT2D eigenvalue weighted by Gasteiger charge is -2.37. The van der Waals surface area contributed by atoms with Crippen molar-refractivity contribution >= 4 is 44.8 Å². The lowest BCUT2D eigenvalue weighted by Crippen LogP contribution is -2.53. The van der Waals surface area contributed by atoms with Crippen molar-refractivity contribution in [1.82, 2.24) is 9.80 Å². The Hall–Kier alpha value is -1.02. The van der Waals surface area contributed by atoms with Crippen LogP contribution in [0.25, 0.3) is 0 Å². The lowest BCUT2D eigenvalue weighted by atomic mass is 10.2. The van der Waals surface area contributed by atoms with Crippen molar-refractivity contribution in [3.8, 4) is 0 Å². The van der Waals surface area contributed by atoms with Crippen LogP contribution < -0.4 is 5.32 Å². The molecular formula is C15H19Cl2N3O3S. The summed E-state index contributed by atoms with van der Waals surface area (Å²) in [6.45, 7) is 2.47. The molecule has 0 aliphatic carbocycles. The minimum absolute atomic E-state index is 0.0857. The number of hydrogen-bond acceptors (Lipinski definition) is 4. The van der Waals surface area contributed by atoms with Gasteiger partial charge in [-0.25, -0.2) is 13.2 Å². The molecule has 2 aliphatic heterocycles. The average molecular weight is 392 g/mol. The van der Waals surface area contributed by atoms with Gasteiger partial charge in [0.2, 0.25) is 0 Å². The first kappa shape index (κ1) is 17.8. The first-order chi connectivity index (χ1) is 11.4. The zero-order chi connectivity index (χ0) is 17.3. The summed E-state index contributed by atoms with van der Waals surface area (Å²) >= 11 is 12.0. The number of nitrogens with one attached hydrogen (secondary N) is 1. The van der Waals surface area contributed by atoms with Gasteiger partial charge in [-0.15, -0.1) is 0 Å². The second-order valence-electron chi connectivity index (χ2n) is 6.11. The highest BCUT2D eigenvalue weighted by Gasteiger charge is 2.34. The Balaban J connectivity index is 1.55. The maximum absolute atomic E-state index is 12.4. The third kappa shape index (κ3) is 3.96. The van der Waals surface area contributed by atoms with Crippen molar-refractivity contribution in [1.29, 1.82) is 0 Å². The SMILES string of the molecule is O=C(Nc1cccc(Cl)c1Cl)N1CCN(C2CCS(=O)(=O)C2)CC1. The van der Waals surface area contributed by atoms with Gasteiger partial charge in [0.15, 0.2) is 9.84 Å². The number of halogens is 2. The zero-order valence-corrected chi connectivity index (χ0v) is 15.4. The number of rotatable bonds is 2. The van der Waals surface area contributed by atoms with E-state index in [2.05, 4.69) is 10.2 Å². The Morgan fingerprint density at radius 1 is 1.17 bits per heavy atom. The summed E-state index contributed by atoms with van der Waals surface area (Å²) in [7, 11) is -2.89. The molecule has 2 saturated heterocycles. The molecule has 132 valence electrons. The minimum atomic E-state index is -2.89. The predicted molar refractivity (Wildman–Crippen MR) is 95.7 cm³/mol. The zero-order valence-electron chi connectivity index (χ0n) is 13.0. The largest absolute Gasteiger partial charge is 0.322 e. The minimum Gasteiger partial charge on any atom is -0.322 e. The van der Waals surface area contributed by atoms with Crippen LogP contribution in [-0.2, 0) is 9.84 Å². The van der Waals surface area contributed by atoms with Gasteiger partial charge in [0.1, 0.15) is 0 Å². The quantitative estimate of drug-likeness (QED) is 0.839. The highest BCUT2D eigenvalue weighted by Crippen LogP contribution is 2.29. The van der Waals surface area contributed by atoms with Crippen molar-refractivity contribution in [3.63, 3.8) is 0 Å². The van der Waals surface area contributed by atoms with E-state index in [1.54, 1.807) is 23.1 Å². The molecule has 24 heavy (non-hydrogen) atoms. The first-order valence-electron chi connectivity index (χ1n) is 7.80. The topological polar surface area (TPSA) is 69.7 Å². The number of piperazine rings is 1. The van der Waals surface area contributed by atoms with E-state index in [-0.39, 0.29) is 23.6 Å². The summed E-state index contributed by atoms with van der Waals surface area (Å²) in [5, 5.41) is 3.49. The fourth-order valence-electron chi connectivity index (χ4n) is 3.15. The summed E-state index contributed by atoms with van der Waals surface area (Å²) in [4.78, 5) is 16.2. The number of carbonyl (C=O) groups excluding carboxylic acids is 1. The van der Waals surface area contributed by atoms with Crippen molar-refractivity contribution in [2.24, 2.45) is 0 Å². The van der Waals surface area contributed by atoms with Gasteiger partial charge >= 0.3 is 6.03 Å². The van der Waals surface area contributed by atoms with E-state index in [4.69, 9.17) is 23.2 Å². The Kier molecular flexibility index (Phi) is 5.24. The van der Waals surface area contributed by atoms with Crippen molar-refractivity contribution < 1.29 is 13.2 Å². The average Bonchev–Trinajstić information content (AvgIpc) is 2.92. The molecular weight excluding hydrogens is 373 g/mol. The number of nitrogens with zero attached hydrogens (tertiary/aromatic N) is 2. The van der Waals surface area contributed by atoms with Crippen LogP contribution in [0.3, 0.4) is 0 Å². The fraction of sp³-hybridized carbons (Fsp3) is 0.533. The van der Waals surface area contributed by atoms with Crippen molar-refractivity contribution in [3.05, 3.63) is 28.2 Å². The van der Waals surface area contributed by atoms with Crippen LogP contribution in [0.5, 0.6) is 0 Å². The fourth-order valence-corrected chi connectivity index (χ4v) is 5.26. The molecule has 1 aromatic carbocycles. The van der Waals surface area contributed by atoms with E-state index in [0.29, 0.717) is 48.3 Å². The number of sulfone groups is 1. The number of benzene rings is 1. The van der Waals surface area contributed by atoms with E-state index in [9.17, 15) is 13.2 Å². The molecule has 1 atom stereocenters. The van der Waals surface area contributed by atoms with Crippen LogP contribution in [0.15, 0.2) is 18.2 Å². The maximum Gasteiger partial charge on any atom is 0.321 e. The Morgan fingerprint density at radius 2 is 1.88 bits per heavy atom. The van der Waals surface area contributed by atoms with Crippen molar-refractivity contribution in [2.45, 2.75) is 12.5 Å². The van der Waals surface area contributed by atoms with E-state index in [1.807, 2.05) is 0 Å². The number of hydrogen-bond donors (Lipinski definition) is 1. The van der Waals surface area contributed by atoms with Crippen LogP contribution in [0, 0.1) is 0 Å². The molecule has 1 N–H and O–H groups in total. The molecule has 6 nitrogen and oxygen atoms in total. The molecule has 0 aromatic heterocycles. The van der Waals surface area contributed by atoms with Gasteiger partial charge in [0.05, 0.1) is 27.2 Å². The predicted octanol–water partition coefficient (Wildman–Crippen LogP) is 2.33. The summed E-state index contributed by atoms with van der Waals surface area (Å²) < 4.78 is 23.2. The van der Waals surface area contributed by atoms with Gasteiger partial charge in [-0.1, -0.05) is 29.3 Å². The molecule has 3 rings (SSSR count). The van der Waals surface area contributed by atoms with Crippen LogP contribution in [0.1, 0.15) is 6.42 Å². The second kappa shape index (κ2) is 7.07. The highest BCUT2D eigenvalue weighted by molar-refractivity contribution is 7.91. The van der Waals surface area contributed by atoms with E-state index >= 15 is 0 Å². The van der Waals surface area contributed by atoms with Crippen molar-refractivity contribution in [2.75, 3.05) is 43.0 Å². The standard InChI is InChI=1S/C15H19Cl2N3O3S/c16-12-2-1-3-13(14(12)17)18-15(21)20-7-5-19(6-8-20)11-4-9-24(22,23)10-11/h1-3,11H,4-10H2,(H,18,21). The highest BCUT2D eigenvalue weighted by atomic mass is 35.5. The molecule has 0 bridgehead atoms. The smallest absolute Gasteiger partial charge is 0.321 e. The summed E-state index contributed by atoms with van der Waals surface area (Å²) in [6, 6.07) is 4.95. The van der Waals surface area contributed by atoms with Gasteiger partial charge in [0, 0.05) is 32.2 Å². The summed E-state index contributed by atoms with van der Waals surface area (Å²) in [6.07, 6.45) is 0.687. The lowest BCUT2D eigenvalue weighted by molar-refractivity contribution is 0.121. The second-order valence-corrected chi connectivity index (χ2v) is 9.13. The number of urea groups is 1. The van der Waals surface area contributed by atoms with E-state index < -0.39 is 9.84 Å². The van der Waals surface area contributed by atoms with E-state index in [1.165, 1.54) is 0 Å². The third-order valence-electron chi connectivity index (χ3n) is 4.52. The van der Waals surface area contributed by atoms with Crippen LogP contribution in [0.4, 0.5) is 10.5 Å². The molecule has 0 radical (unpaired) electrons. The van der Waals surface area contributed by atoms with Gasteiger partial charge < -0.3 is 10.2 Å². The molecule has 2 fully saturated rings. The van der Waals surface area contributed by atoms with Crippen LogP contribution in [0.2, 0.25) is 10.0 Å². The summed E-state index contributed by atoms with van der Waals surface area (Å²) in [5.41, 5.74) is 0.485. The van der Waals surface area contributed by atoms with Gasteiger partial charge in [-0.3, -0.25) is 4.90 Å². The van der Waals surface area contributed by atoms with Gasteiger partial charge in [-0.05, 0) is 18.6 Å². The monoisotopic (exact) mass is 391 g/mol. The molecule has 2 heterocycles. The molecule has 1 unspecified atom stereocenters.